The molecule has 0 aliphatic carbocycles. The predicted molar refractivity (Wildman–Crippen MR) is 115 cm³/mol. The van der Waals surface area contributed by atoms with E-state index in [2.05, 4.69) is 15.3 Å². The Morgan fingerprint density at radius 3 is 2.43 bits per heavy atom. The lowest BCUT2D eigenvalue weighted by Gasteiger charge is -2.09. The number of nitrogens with one attached hydrogen (secondary N) is 1. The Bertz CT molecular complexity index is 1060. The van der Waals surface area contributed by atoms with E-state index in [1.807, 2.05) is 18.2 Å². The number of carbonyl (C=O) groups is 2. The number of nitrogens with zero attached hydrogens (tertiary/aromatic N) is 1. The van der Waals surface area contributed by atoms with Crippen molar-refractivity contribution in [2.45, 2.75) is 6.61 Å². The van der Waals surface area contributed by atoms with E-state index in [9.17, 15) is 9.59 Å². The van der Waals surface area contributed by atoms with Crippen molar-refractivity contribution in [1.82, 2.24) is 5.43 Å². The number of ether oxygens (including phenoxy) is 2. The van der Waals surface area contributed by atoms with Crippen molar-refractivity contribution < 1.29 is 19.1 Å². The van der Waals surface area contributed by atoms with Gasteiger partial charge in [-0.25, -0.2) is 10.2 Å². The Morgan fingerprint density at radius 2 is 1.70 bits per heavy atom. The summed E-state index contributed by atoms with van der Waals surface area (Å²) < 4.78 is 10.6. The first-order valence-corrected chi connectivity index (χ1v) is 9.43. The number of carbonyl (C=O) groups excluding carboxylic acids is 2. The molecule has 0 heterocycles. The summed E-state index contributed by atoms with van der Waals surface area (Å²) in [7, 11) is 1.34. The number of esters is 1. The molecule has 0 atom stereocenters. The van der Waals surface area contributed by atoms with Crippen LogP contribution in [0.2, 0.25) is 5.02 Å². The van der Waals surface area contributed by atoms with Gasteiger partial charge < -0.3 is 9.47 Å². The van der Waals surface area contributed by atoms with Crippen LogP contribution in [0.15, 0.2) is 77.9 Å². The summed E-state index contributed by atoms with van der Waals surface area (Å²) >= 11 is 6.02. The number of hydrogen-bond donors (Lipinski definition) is 1. The molecule has 3 aromatic rings. The van der Waals surface area contributed by atoms with Crippen LogP contribution >= 0.6 is 11.6 Å². The highest BCUT2D eigenvalue weighted by Gasteiger charge is 2.08. The minimum Gasteiger partial charge on any atom is -0.488 e. The molecule has 0 aliphatic rings. The molecule has 0 aromatic heterocycles. The molecule has 1 N–H and O–H groups in total. The van der Waals surface area contributed by atoms with Crippen molar-refractivity contribution in [2.75, 3.05) is 7.11 Å². The van der Waals surface area contributed by atoms with Gasteiger partial charge in [0.15, 0.2) is 0 Å². The van der Waals surface area contributed by atoms with Crippen LogP contribution in [0.1, 0.15) is 31.8 Å². The van der Waals surface area contributed by atoms with Gasteiger partial charge in [0.05, 0.1) is 29.5 Å². The fourth-order valence-electron chi connectivity index (χ4n) is 2.60. The highest BCUT2D eigenvalue weighted by atomic mass is 35.5. The normalized spacial score (nSPS) is 10.6. The number of amides is 1. The molecule has 152 valence electrons. The molecular weight excluding hydrogens is 404 g/mol. The van der Waals surface area contributed by atoms with Gasteiger partial charge in [-0.2, -0.15) is 5.10 Å². The Hall–Kier alpha value is -3.64. The molecule has 6 nitrogen and oxygen atoms in total. The zero-order valence-electron chi connectivity index (χ0n) is 16.2. The van der Waals surface area contributed by atoms with Crippen LogP contribution in [0.25, 0.3) is 0 Å². The van der Waals surface area contributed by atoms with Crippen LogP contribution in [0, 0.1) is 0 Å². The van der Waals surface area contributed by atoms with Gasteiger partial charge in [-0.05, 0) is 42.0 Å². The maximum Gasteiger partial charge on any atom is 0.337 e. The largest absolute Gasteiger partial charge is 0.488 e. The van der Waals surface area contributed by atoms with Crippen LogP contribution in [-0.2, 0) is 11.3 Å². The molecule has 0 bridgehead atoms. The van der Waals surface area contributed by atoms with Crippen molar-refractivity contribution in [3.05, 3.63) is 100 Å². The van der Waals surface area contributed by atoms with Crippen LogP contribution in [0.3, 0.4) is 0 Å². The molecule has 0 aliphatic heterocycles. The molecule has 3 rings (SSSR count). The highest BCUT2D eigenvalue weighted by Crippen LogP contribution is 2.18. The van der Waals surface area contributed by atoms with Crippen molar-refractivity contribution in [3.63, 3.8) is 0 Å². The van der Waals surface area contributed by atoms with E-state index in [-0.39, 0.29) is 5.97 Å². The van der Waals surface area contributed by atoms with Crippen molar-refractivity contribution >= 4 is 29.7 Å². The number of hydrogen-bond acceptors (Lipinski definition) is 5. The summed E-state index contributed by atoms with van der Waals surface area (Å²) in [6.07, 6.45) is 1.50. The fourth-order valence-corrected chi connectivity index (χ4v) is 2.82. The fraction of sp³-hybridized carbons (Fsp3) is 0.0870. The van der Waals surface area contributed by atoms with Crippen molar-refractivity contribution in [2.24, 2.45) is 5.10 Å². The lowest BCUT2D eigenvalue weighted by molar-refractivity contribution is 0.0600. The van der Waals surface area contributed by atoms with Crippen molar-refractivity contribution in [1.29, 1.82) is 0 Å². The Kier molecular flexibility index (Phi) is 7.19. The van der Waals surface area contributed by atoms with E-state index in [0.717, 1.165) is 5.56 Å². The number of methoxy groups -OCH3 is 1. The Morgan fingerprint density at radius 1 is 1.00 bits per heavy atom. The maximum absolute atomic E-state index is 12.2. The molecule has 7 heteroatoms. The van der Waals surface area contributed by atoms with E-state index in [1.165, 1.54) is 13.3 Å². The Balaban J connectivity index is 1.63. The third kappa shape index (κ3) is 5.46. The van der Waals surface area contributed by atoms with Gasteiger partial charge in [-0.15, -0.1) is 0 Å². The van der Waals surface area contributed by atoms with E-state index in [0.29, 0.717) is 34.1 Å². The minimum atomic E-state index is -0.402. The topological polar surface area (TPSA) is 77.0 Å². The van der Waals surface area contributed by atoms with E-state index >= 15 is 0 Å². The predicted octanol–water partition coefficient (Wildman–Crippen LogP) is 4.47. The first-order chi connectivity index (χ1) is 14.6. The summed E-state index contributed by atoms with van der Waals surface area (Å²) in [4.78, 5) is 23.7. The monoisotopic (exact) mass is 422 g/mol. The third-order valence-electron chi connectivity index (χ3n) is 4.18. The Labute approximate surface area is 179 Å². The molecule has 0 fully saturated rings. The molecule has 1 amide bonds. The number of rotatable bonds is 7. The molecule has 30 heavy (non-hydrogen) atoms. The molecule has 0 saturated carbocycles. The zero-order chi connectivity index (χ0) is 21.3. The standard InChI is InChI=1S/C23H19ClN2O4/c1-29-23(28)17-12-10-16(11-13-17)15-30-21-9-5-2-6-18(21)14-25-26-22(27)19-7-3-4-8-20(19)24/h2-14H,15H2,1H3,(H,26,27)/b25-14+. The first-order valence-electron chi connectivity index (χ1n) is 9.05. The quantitative estimate of drug-likeness (QED) is 0.346. The number of hydrazone groups is 1. The molecular formula is C23H19ClN2O4. The van der Waals surface area contributed by atoms with E-state index < -0.39 is 5.91 Å². The van der Waals surface area contributed by atoms with Gasteiger partial charge >= 0.3 is 5.97 Å². The smallest absolute Gasteiger partial charge is 0.337 e. The average Bonchev–Trinajstić information content (AvgIpc) is 2.78. The maximum atomic E-state index is 12.2. The molecule has 0 saturated heterocycles. The average molecular weight is 423 g/mol. The first kappa shape index (κ1) is 21.1. The van der Waals surface area contributed by atoms with Crippen molar-refractivity contribution in [3.8, 4) is 5.75 Å². The third-order valence-corrected chi connectivity index (χ3v) is 4.51. The van der Waals surface area contributed by atoms with Crippen LogP contribution in [0.5, 0.6) is 5.75 Å². The van der Waals surface area contributed by atoms with E-state index in [4.69, 9.17) is 16.3 Å². The van der Waals surface area contributed by atoms with Gasteiger partial charge in [0.25, 0.3) is 5.91 Å². The summed E-state index contributed by atoms with van der Waals surface area (Å²) in [6, 6.07) is 21.0. The summed E-state index contributed by atoms with van der Waals surface area (Å²) in [5, 5.41) is 4.35. The zero-order valence-corrected chi connectivity index (χ0v) is 16.9. The van der Waals surface area contributed by atoms with Gasteiger partial charge in [-0.1, -0.05) is 48.0 Å². The SMILES string of the molecule is COC(=O)c1ccc(COc2ccccc2/C=N/NC(=O)c2ccccc2Cl)cc1. The summed E-state index contributed by atoms with van der Waals surface area (Å²) in [5.74, 6) is -0.186. The van der Waals surface area contributed by atoms with Crippen LogP contribution in [-0.4, -0.2) is 25.2 Å². The molecule has 3 aromatic carbocycles. The van der Waals surface area contributed by atoms with E-state index in [1.54, 1.807) is 54.6 Å². The van der Waals surface area contributed by atoms with Gasteiger partial charge in [0.1, 0.15) is 12.4 Å². The number of para-hydroxylation sites is 1. The molecule has 0 spiro atoms. The summed E-state index contributed by atoms with van der Waals surface area (Å²) in [5.41, 5.74) is 4.86. The second kappa shape index (κ2) is 10.2. The number of benzene rings is 3. The lowest BCUT2D eigenvalue weighted by atomic mass is 10.1. The van der Waals surface area contributed by atoms with Crippen LogP contribution < -0.4 is 10.2 Å². The van der Waals surface area contributed by atoms with Gasteiger partial charge in [0.2, 0.25) is 0 Å². The summed E-state index contributed by atoms with van der Waals surface area (Å²) in [6.45, 7) is 0.304. The lowest BCUT2D eigenvalue weighted by Crippen LogP contribution is -2.18. The van der Waals surface area contributed by atoms with Gasteiger partial charge in [0, 0.05) is 5.56 Å². The van der Waals surface area contributed by atoms with Crippen LogP contribution in [0.4, 0.5) is 0 Å². The van der Waals surface area contributed by atoms with Gasteiger partial charge in [-0.3, -0.25) is 4.79 Å². The second-order valence-electron chi connectivity index (χ2n) is 6.19. The molecule has 0 unspecified atom stereocenters. The highest BCUT2D eigenvalue weighted by molar-refractivity contribution is 6.33. The molecule has 0 radical (unpaired) electrons. The minimum absolute atomic E-state index is 0.304. The second-order valence-corrected chi connectivity index (χ2v) is 6.60. The number of halogens is 1.